The summed E-state index contributed by atoms with van der Waals surface area (Å²) in [6, 6.07) is 69.8. The molecule has 7 aromatic carbocycles. The van der Waals surface area contributed by atoms with E-state index in [-0.39, 0.29) is 5.41 Å². The van der Waals surface area contributed by atoms with Gasteiger partial charge in [0, 0.05) is 27.7 Å². The van der Waals surface area contributed by atoms with E-state index in [4.69, 9.17) is 15.0 Å². The van der Waals surface area contributed by atoms with E-state index in [2.05, 4.69) is 182 Å². The third-order valence-electron chi connectivity index (χ3n) is 11.8. The Bertz CT molecular complexity index is 2870. The van der Waals surface area contributed by atoms with E-state index in [1.165, 1.54) is 33.4 Å². The third-order valence-corrected chi connectivity index (χ3v) is 11.8. The first-order chi connectivity index (χ1) is 31.0. The zero-order valence-electron chi connectivity index (χ0n) is 35.5. The molecule has 9 rings (SSSR count). The maximum absolute atomic E-state index is 5.09. The monoisotopic (exact) mass is 812 g/mol. The SMILES string of the molecule is C=N/C(=C\C(=N/Cc1ccccc1)C1=CCC(C)(c2ccc(Cc3ccc(-c4ccc(-c5cc(-c6ccccc6)nc(-c6ccccc6)n5)cc4)cc3)cc2)C=C1)c1ccccc1. The summed E-state index contributed by atoms with van der Waals surface area (Å²) in [5.41, 5.74) is 16.0. The largest absolute Gasteiger partial charge is 0.280 e. The van der Waals surface area contributed by atoms with Crippen molar-refractivity contribution in [2.75, 3.05) is 0 Å². The van der Waals surface area contributed by atoms with Crippen molar-refractivity contribution < 1.29 is 0 Å². The van der Waals surface area contributed by atoms with Crippen LogP contribution in [0.5, 0.6) is 0 Å². The molecule has 0 N–H and O–H groups in total. The van der Waals surface area contributed by atoms with Crippen molar-refractivity contribution in [2.45, 2.75) is 31.7 Å². The molecule has 0 bridgehead atoms. The van der Waals surface area contributed by atoms with Gasteiger partial charge in [-0.3, -0.25) is 9.98 Å². The lowest BCUT2D eigenvalue weighted by Gasteiger charge is -2.29. The van der Waals surface area contributed by atoms with Gasteiger partial charge in [-0.15, -0.1) is 0 Å². The fraction of sp³-hybridized carbons (Fsp3) is 0.0847. The summed E-state index contributed by atoms with van der Waals surface area (Å²) in [6.07, 6.45) is 10.7. The molecule has 1 aliphatic rings. The van der Waals surface area contributed by atoms with Crippen molar-refractivity contribution in [1.29, 1.82) is 0 Å². The van der Waals surface area contributed by atoms with Crippen LogP contribution < -0.4 is 0 Å². The summed E-state index contributed by atoms with van der Waals surface area (Å²) in [5.74, 6) is 0.718. The first kappa shape index (κ1) is 40.6. The molecule has 1 heterocycles. The summed E-state index contributed by atoms with van der Waals surface area (Å²) < 4.78 is 0. The average Bonchev–Trinajstić information content (AvgIpc) is 3.36. The zero-order valence-corrected chi connectivity index (χ0v) is 35.5. The molecular formula is C59H48N4. The van der Waals surface area contributed by atoms with E-state index in [1.54, 1.807) is 0 Å². The van der Waals surface area contributed by atoms with Gasteiger partial charge in [0.2, 0.25) is 0 Å². The Balaban J connectivity index is 0.873. The molecule has 0 fully saturated rings. The summed E-state index contributed by atoms with van der Waals surface area (Å²) in [7, 11) is 0. The molecule has 1 aliphatic carbocycles. The number of rotatable bonds is 13. The molecule has 8 aromatic rings. The van der Waals surface area contributed by atoms with Gasteiger partial charge in [0.15, 0.2) is 5.82 Å². The number of hydrogen-bond donors (Lipinski definition) is 0. The Labute approximate surface area is 371 Å². The molecule has 304 valence electrons. The molecule has 1 unspecified atom stereocenters. The average molecular weight is 813 g/mol. The molecule has 0 spiro atoms. The quantitative estimate of drug-likeness (QED) is 0.109. The van der Waals surface area contributed by atoms with Crippen LogP contribution in [-0.2, 0) is 18.4 Å². The van der Waals surface area contributed by atoms with Crippen molar-refractivity contribution in [3.8, 4) is 45.0 Å². The van der Waals surface area contributed by atoms with Crippen molar-refractivity contribution in [1.82, 2.24) is 9.97 Å². The fourth-order valence-electron chi connectivity index (χ4n) is 8.03. The van der Waals surface area contributed by atoms with Gasteiger partial charge in [-0.25, -0.2) is 9.97 Å². The number of hydrogen-bond acceptors (Lipinski definition) is 4. The predicted molar refractivity (Wildman–Crippen MR) is 264 cm³/mol. The Kier molecular flexibility index (Phi) is 12.1. The number of aliphatic imine (C=N–C) groups is 2. The van der Waals surface area contributed by atoms with Crippen LogP contribution in [-0.4, -0.2) is 22.4 Å². The summed E-state index contributed by atoms with van der Waals surface area (Å²) in [5, 5.41) is 0. The summed E-state index contributed by atoms with van der Waals surface area (Å²) in [4.78, 5) is 19.4. The van der Waals surface area contributed by atoms with Crippen LogP contribution in [0, 0.1) is 0 Å². The summed E-state index contributed by atoms with van der Waals surface area (Å²) in [6.45, 7) is 6.78. The third kappa shape index (κ3) is 9.72. The highest BCUT2D eigenvalue weighted by Crippen LogP contribution is 2.35. The maximum Gasteiger partial charge on any atom is 0.160 e. The lowest BCUT2D eigenvalue weighted by Crippen LogP contribution is -2.21. The molecule has 63 heavy (non-hydrogen) atoms. The first-order valence-electron chi connectivity index (χ1n) is 21.5. The smallest absolute Gasteiger partial charge is 0.160 e. The van der Waals surface area contributed by atoms with Crippen LogP contribution >= 0.6 is 0 Å². The van der Waals surface area contributed by atoms with E-state index in [9.17, 15) is 0 Å². The van der Waals surface area contributed by atoms with E-state index < -0.39 is 0 Å². The molecular weight excluding hydrogens is 765 g/mol. The van der Waals surface area contributed by atoms with Crippen LogP contribution in [0.1, 0.15) is 41.2 Å². The Morgan fingerprint density at radius 1 is 0.571 bits per heavy atom. The normalized spacial score (nSPS) is 15.2. The van der Waals surface area contributed by atoms with Crippen molar-refractivity contribution in [3.05, 3.63) is 258 Å². The molecule has 1 atom stereocenters. The molecule has 4 heteroatoms. The van der Waals surface area contributed by atoms with Gasteiger partial charge in [0.25, 0.3) is 0 Å². The Morgan fingerprint density at radius 3 is 1.65 bits per heavy atom. The highest BCUT2D eigenvalue weighted by molar-refractivity contribution is 6.14. The van der Waals surface area contributed by atoms with Gasteiger partial charge in [0.05, 0.1) is 29.3 Å². The van der Waals surface area contributed by atoms with Gasteiger partial charge in [-0.05, 0) is 70.7 Å². The van der Waals surface area contributed by atoms with E-state index in [1.807, 2.05) is 60.7 Å². The topological polar surface area (TPSA) is 50.5 Å². The molecule has 1 aromatic heterocycles. The van der Waals surface area contributed by atoms with Gasteiger partial charge in [-0.2, -0.15) is 0 Å². The molecule has 0 aliphatic heterocycles. The minimum Gasteiger partial charge on any atom is -0.280 e. The Morgan fingerprint density at radius 2 is 1.08 bits per heavy atom. The fourth-order valence-corrected chi connectivity index (χ4v) is 8.03. The second-order valence-electron chi connectivity index (χ2n) is 16.2. The maximum atomic E-state index is 5.09. The van der Waals surface area contributed by atoms with Crippen molar-refractivity contribution >= 4 is 18.1 Å². The first-order valence-corrected chi connectivity index (χ1v) is 21.5. The van der Waals surface area contributed by atoms with Gasteiger partial charge < -0.3 is 0 Å². The van der Waals surface area contributed by atoms with Crippen LogP contribution in [0.15, 0.2) is 240 Å². The highest BCUT2D eigenvalue weighted by atomic mass is 14.9. The molecule has 0 saturated heterocycles. The van der Waals surface area contributed by atoms with Crippen LogP contribution in [0.25, 0.3) is 50.7 Å². The van der Waals surface area contributed by atoms with E-state index in [0.717, 1.165) is 69.3 Å². The van der Waals surface area contributed by atoms with Crippen molar-refractivity contribution in [2.24, 2.45) is 9.98 Å². The minimum atomic E-state index is -0.131. The highest BCUT2D eigenvalue weighted by Gasteiger charge is 2.26. The standard InChI is InChI=1S/C59H48N4/c1-59(37-35-51(36-38-59)55(61-42-45-15-7-3-8-16-45)40-54(60-2)48-17-9-4-10-18-48)53-33-25-44(26-34-53)39-43-23-27-46(28-24-43)47-29-31-50(32-30-47)57-41-56(49-19-11-5-12-20-49)62-58(63-57)52-21-13-6-14-22-52/h3-37,40-41H,2,38-39,42H2,1H3/b54-40-,61-55+. The number of nitrogens with zero attached hydrogens (tertiary/aromatic N) is 4. The van der Waals surface area contributed by atoms with E-state index >= 15 is 0 Å². The van der Waals surface area contributed by atoms with E-state index in [0.29, 0.717) is 6.54 Å². The van der Waals surface area contributed by atoms with Crippen molar-refractivity contribution in [3.63, 3.8) is 0 Å². The van der Waals surface area contributed by atoms with Gasteiger partial charge in [0.1, 0.15) is 0 Å². The van der Waals surface area contributed by atoms with Gasteiger partial charge in [-0.1, -0.05) is 219 Å². The zero-order chi connectivity index (χ0) is 42.9. The number of aromatic nitrogens is 2. The molecule has 0 saturated carbocycles. The molecule has 0 amide bonds. The van der Waals surface area contributed by atoms with Gasteiger partial charge >= 0.3 is 0 Å². The minimum absolute atomic E-state index is 0.131. The van der Waals surface area contributed by atoms with Crippen LogP contribution in [0.2, 0.25) is 0 Å². The lowest BCUT2D eigenvalue weighted by atomic mass is 9.75. The molecule has 4 nitrogen and oxygen atoms in total. The van der Waals surface area contributed by atoms with Crippen LogP contribution in [0.4, 0.5) is 0 Å². The summed E-state index contributed by atoms with van der Waals surface area (Å²) >= 11 is 0. The Hall–Kier alpha value is -7.82. The second kappa shape index (κ2) is 18.8. The molecule has 0 radical (unpaired) electrons. The number of benzene rings is 7. The number of allylic oxidation sites excluding steroid dienone is 5. The van der Waals surface area contributed by atoms with Crippen LogP contribution in [0.3, 0.4) is 0 Å². The second-order valence-corrected chi connectivity index (χ2v) is 16.2. The lowest BCUT2D eigenvalue weighted by molar-refractivity contribution is 0.598. The predicted octanol–water partition coefficient (Wildman–Crippen LogP) is 14.3.